The molecule has 12 heteroatoms. The van der Waals surface area contributed by atoms with Crippen LogP contribution in [0.3, 0.4) is 0 Å². The Bertz CT molecular complexity index is 1420. The first-order chi connectivity index (χ1) is 17.7. The number of alkyl halides is 3. The second-order valence-corrected chi connectivity index (χ2v) is 8.51. The zero-order valence-electron chi connectivity index (χ0n) is 20.4. The Kier molecular flexibility index (Phi) is 7.58. The van der Waals surface area contributed by atoms with Crippen LogP contribution in [0.15, 0.2) is 48.7 Å². The number of fused-ring (bicyclic) bond motifs is 1. The van der Waals surface area contributed by atoms with Gasteiger partial charge in [-0.15, -0.1) is 0 Å². The van der Waals surface area contributed by atoms with Gasteiger partial charge >= 0.3 is 6.18 Å². The van der Waals surface area contributed by atoms with Gasteiger partial charge < -0.3 is 21.7 Å². The molecule has 0 spiro atoms. The molecular weight excluding hydrogens is 485 g/mol. The van der Waals surface area contributed by atoms with Gasteiger partial charge in [0, 0.05) is 36.7 Å². The van der Waals surface area contributed by atoms with E-state index in [1.165, 1.54) is 12.1 Å². The van der Waals surface area contributed by atoms with Crippen LogP contribution in [0.4, 0.5) is 36.3 Å². The summed E-state index contributed by atoms with van der Waals surface area (Å²) in [7, 11) is 1.78. The highest BCUT2D eigenvalue weighted by Gasteiger charge is 2.30. The highest BCUT2D eigenvalue weighted by molar-refractivity contribution is 6.04. The molecule has 0 atom stereocenters. The summed E-state index contributed by atoms with van der Waals surface area (Å²) in [6.07, 6.45) is -1.03. The summed E-state index contributed by atoms with van der Waals surface area (Å²) in [6.45, 7) is 3.23. The molecule has 0 aliphatic rings. The van der Waals surface area contributed by atoms with Gasteiger partial charge in [-0.25, -0.2) is 9.67 Å². The number of nitrogens with two attached hydrogens (primary N) is 1. The summed E-state index contributed by atoms with van der Waals surface area (Å²) in [4.78, 5) is 21.5. The molecule has 1 amide bonds. The molecule has 0 aliphatic heterocycles. The van der Waals surface area contributed by atoms with E-state index in [4.69, 9.17) is 5.73 Å². The number of nitrogens with one attached hydrogen (secondary N) is 3. The van der Waals surface area contributed by atoms with Gasteiger partial charge in [-0.3, -0.25) is 4.79 Å². The molecule has 5 N–H and O–H groups in total. The molecule has 0 saturated heterocycles. The summed E-state index contributed by atoms with van der Waals surface area (Å²) in [6, 6.07) is 9.43. The monoisotopic (exact) mass is 512 g/mol. The highest BCUT2D eigenvalue weighted by Crippen LogP contribution is 2.31. The molecule has 0 bridgehead atoms. The largest absolute Gasteiger partial charge is 0.416 e. The Hall–Kier alpha value is -4.19. The third kappa shape index (κ3) is 6.15. The third-order valence-corrected chi connectivity index (χ3v) is 5.69. The SMILES string of the molecule is Cc1ccc(NC(=O)c2cccc(C(F)(F)F)c2)cc1Nc1nn(C)c2nc(NCCCCN)ncc12. The Balaban J connectivity index is 1.52. The van der Waals surface area contributed by atoms with Gasteiger partial charge in [0.1, 0.15) is 0 Å². The van der Waals surface area contributed by atoms with Crippen molar-refractivity contribution in [3.63, 3.8) is 0 Å². The van der Waals surface area contributed by atoms with Crippen LogP contribution >= 0.6 is 0 Å². The zero-order chi connectivity index (χ0) is 26.6. The van der Waals surface area contributed by atoms with Crippen molar-refractivity contribution in [2.24, 2.45) is 12.8 Å². The number of rotatable bonds is 9. The van der Waals surface area contributed by atoms with Gasteiger partial charge in [0.25, 0.3) is 5.91 Å². The Labute approximate surface area is 211 Å². The number of aromatic nitrogens is 4. The number of hydrogen-bond acceptors (Lipinski definition) is 7. The Morgan fingerprint density at radius 3 is 2.70 bits per heavy atom. The molecule has 0 aliphatic carbocycles. The average molecular weight is 513 g/mol. The summed E-state index contributed by atoms with van der Waals surface area (Å²) < 4.78 is 40.7. The lowest BCUT2D eigenvalue weighted by atomic mass is 10.1. The topological polar surface area (TPSA) is 123 Å². The zero-order valence-corrected chi connectivity index (χ0v) is 20.4. The molecule has 2 aromatic carbocycles. The standard InChI is InChI=1S/C25H27F3N8O/c1-15-8-9-18(32-23(37)16-6-5-7-17(12-16)25(26,27)28)13-20(15)33-21-19-14-31-24(30-11-4-3-10-29)34-22(19)36(2)35-21/h5-9,12-14H,3-4,10-11,29H2,1-2H3,(H,32,37)(H,33,35)(H,30,31,34). The minimum atomic E-state index is -4.53. The fourth-order valence-corrected chi connectivity index (χ4v) is 3.69. The molecule has 2 aromatic heterocycles. The number of hydrogen-bond donors (Lipinski definition) is 4. The van der Waals surface area contributed by atoms with E-state index in [1.807, 2.05) is 6.92 Å². The van der Waals surface area contributed by atoms with E-state index >= 15 is 0 Å². The van der Waals surface area contributed by atoms with E-state index in [2.05, 4.69) is 31.0 Å². The molecule has 194 valence electrons. The molecule has 4 rings (SSSR count). The number of benzene rings is 2. The first kappa shape index (κ1) is 25.9. The molecule has 9 nitrogen and oxygen atoms in total. The smallest absolute Gasteiger partial charge is 0.354 e. The highest BCUT2D eigenvalue weighted by atomic mass is 19.4. The first-order valence-electron chi connectivity index (χ1n) is 11.7. The lowest BCUT2D eigenvalue weighted by Crippen LogP contribution is -2.14. The number of aryl methyl sites for hydroxylation is 2. The van der Waals surface area contributed by atoms with Gasteiger partial charge in [0.05, 0.1) is 10.9 Å². The van der Waals surface area contributed by atoms with Crippen LogP contribution in [0.2, 0.25) is 0 Å². The lowest BCUT2D eigenvalue weighted by Gasteiger charge is -2.12. The summed E-state index contributed by atoms with van der Waals surface area (Å²) >= 11 is 0. The number of carbonyl (C=O) groups is 1. The molecule has 0 unspecified atom stereocenters. The van der Waals surface area contributed by atoms with Gasteiger partial charge in [0.15, 0.2) is 11.5 Å². The summed E-state index contributed by atoms with van der Waals surface area (Å²) in [5, 5.41) is 14.3. The maximum atomic E-state index is 13.0. The van der Waals surface area contributed by atoms with Crippen LogP contribution in [0.1, 0.15) is 34.3 Å². The van der Waals surface area contributed by atoms with Gasteiger partial charge in [-0.05, 0) is 62.2 Å². The Morgan fingerprint density at radius 2 is 1.95 bits per heavy atom. The van der Waals surface area contributed by atoms with Gasteiger partial charge in [-0.1, -0.05) is 12.1 Å². The van der Waals surface area contributed by atoms with E-state index < -0.39 is 17.6 Å². The van der Waals surface area contributed by atoms with Crippen LogP contribution in [-0.2, 0) is 13.2 Å². The summed E-state index contributed by atoms with van der Waals surface area (Å²) in [5.41, 5.74) is 7.12. The predicted molar refractivity (Wildman–Crippen MR) is 137 cm³/mol. The van der Waals surface area contributed by atoms with Crippen molar-refractivity contribution >= 4 is 40.1 Å². The van der Waals surface area contributed by atoms with Crippen LogP contribution in [-0.4, -0.2) is 38.7 Å². The van der Waals surface area contributed by atoms with Crippen molar-refractivity contribution in [1.29, 1.82) is 0 Å². The number of anilines is 4. The van der Waals surface area contributed by atoms with Crippen molar-refractivity contribution in [3.8, 4) is 0 Å². The van der Waals surface area contributed by atoms with Gasteiger partial charge in [0.2, 0.25) is 5.95 Å². The van der Waals surface area contributed by atoms with Crippen LogP contribution in [0.5, 0.6) is 0 Å². The van der Waals surface area contributed by atoms with E-state index in [0.717, 1.165) is 30.5 Å². The molecule has 0 fully saturated rings. The van der Waals surface area contributed by atoms with E-state index in [1.54, 1.807) is 36.1 Å². The van der Waals surface area contributed by atoms with Crippen LogP contribution < -0.4 is 21.7 Å². The quantitative estimate of drug-likeness (QED) is 0.237. The van der Waals surface area contributed by atoms with Crippen molar-refractivity contribution in [1.82, 2.24) is 19.7 Å². The number of amides is 1. The maximum absolute atomic E-state index is 13.0. The molecule has 0 saturated carbocycles. The third-order valence-electron chi connectivity index (χ3n) is 5.69. The maximum Gasteiger partial charge on any atom is 0.416 e. The van der Waals surface area contributed by atoms with Crippen molar-refractivity contribution in [3.05, 3.63) is 65.4 Å². The average Bonchev–Trinajstić information content (AvgIpc) is 3.18. The fourth-order valence-electron chi connectivity index (χ4n) is 3.69. The normalized spacial score (nSPS) is 11.5. The minimum absolute atomic E-state index is 0.0924. The fraction of sp³-hybridized carbons (Fsp3) is 0.280. The molecule has 0 radical (unpaired) electrons. The lowest BCUT2D eigenvalue weighted by molar-refractivity contribution is -0.137. The van der Waals surface area contributed by atoms with Crippen LogP contribution in [0, 0.1) is 6.92 Å². The van der Waals surface area contributed by atoms with Crippen LogP contribution in [0.25, 0.3) is 11.0 Å². The molecular formula is C25H27F3N8O. The first-order valence-corrected chi connectivity index (χ1v) is 11.7. The van der Waals surface area contributed by atoms with Crippen molar-refractivity contribution < 1.29 is 18.0 Å². The Morgan fingerprint density at radius 1 is 1.14 bits per heavy atom. The molecule has 37 heavy (non-hydrogen) atoms. The molecule has 2 heterocycles. The van der Waals surface area contributed by atoms with E-state index in [9.17, 15) is 18.0 Å². The van der Waals surface area contributed by atoms with E-state index in [0.29, 0.717) is 47.3 Å². The number of carbonyl (C=O) groups excluding carboxylic acids is 1. The van der Waals surface area contributed by atoms with Crippen molar-refractivity contribution in [2.75, 3.05) is 29.0 Å². The molecule has 4 aromatic rings. The van der Waals surface area contributed by atoms with E-state index in [-0.39, 0.29) is 5.56 Å². The second kappa shape index (κ2) is 10.8. The number of nitrogens with zero attached hydrogens (tertiary/aromatic N) is 4. The number of halogens is 3. The second-order valence-electron chi connectivity index (χ2n) is 8.51. The van der Waals surface area contributed by atoms with Crippen molar-refractivity contribution in [2.45, 2.75) is 25.9 Å². The summed E-state index contributed by atoms with van der Waals surface area (Å²) in [5.74, 6) is 0.371. The minimum Gasteiger partial charge on any atom is -0.354 e. The van der Waals surface area contributed by atoms with Gasteiger partial charge in [-0.2, -0.15) is 23.3 Å². The number of unbranched alkanes of at least 4 members (excludes halogenated alkanes) is 1. The predicted octanol–water partition coefficient (Wildman–Crippen LogP) is 4.84.